The van der Waals surface area contributed by atoms with Gasteiger partial charge in [-0.25, -0.2) is 4.39 Å². The Bertz CT molecular complexity index is 412. The van der Waals surface area contributed by atoms with Crippen molar-refractivity contribution in [3.05, 3.63) is 24.0 Å². The average molecular weight is 208 g/mol. The highest BCUT2D eigenvalue weighted by Gasteiger charge is 2.07. The van der Waals surface area contributed by atoms with Crippen molar-refractivity contribution in [2.45, 2.75) is 6.42 Å². The Kier molecular flexibility index (Phi) is 3.63. The summed E-state index contributed by atoms with van der Waals surface area (Å²) in [5.41, 5.74) is 0.00889. The van der Waals surface area contributed by atoms with E-state index in [2.05, 4.69) is 5.32 Å². The van der Waals surface area contributed by atoms with Gasteiger partial charge in [0.15, 0.2) is 0 Å². The molecular weight excluding hydrogens is 199 g/mol. The number of nitrogens with one attached hydrogen (secondary N) is 1. The van der Waals surface area contributed by atoms with Gasteiger partial charge < -0.3 is 10.1 Å². The summed E-state index contributed by atoms with van der Waals surface area (Å²) in [7, 11) is 1.44. The van der Waals surface area contributed by atoms with Crippen molar-refractivity contribution in [2.24, 2.45) is 0 Å². The molecule has 0 aliphatic heterocycles. The van der Waals surface area contributed by atoms with E-state index < -0.39 is 11.7 Å². The van der Waals surface area contributed by atoms with Crippen LogP contribution in [0.5, 0.6) is 5.75 Å². The number of halogens is 1. The van der Waals surface area contributed by atoms with Crippen LogP contribution in [0, 0.1) is 17.1 Å². The molecule has 0 unspecified atom stereocenters. The summed E-state index contributed by atoms with van der Waals surface area (Å²) in [4.78, 5) is 11.0. The first-order valence-electron chi connectivity index (χ1n) is 4.17. The minimum absolute atomic E-state index is 0.00889. The number of nitriles is 1. The van der Waals surface area contributed by atoms with E-state index in [0.717, 1.165) is 0 Å². The van der Waals surface area contributed by atoms with Crippen LogP contribution in [-0.4, -0.2) is 13.0 Å². The minimum Gasteiger partial charge on any atom is -0.497 e. The Morgan fingerprint density at radius 1 is 1.67 bits per heavy atom. The lowest BCUT2D eigenvalue weighted by molar-refractivity contribution is -0.115. The lowest BCUT2D eigenvalue weighted by Crippen LogP contribution is -2.11. The third kappa shape index (κ3) is 2.95. The van der Waals surface area contributed by atoms with E-state index in [4.69, 9.17) is 10.00 Å². The van der Waals surface area contributed by atoms with Crippen LogP contribution in [0.3, 0.4) is 0 Å². The molecule has 0 aliphatic rings. The Balaban J connectivity index is 2.84. The van der Waals surface area contributed by atoms with E-state index in [0.29, 0.717) is 5.75 Å². The zero-order valence-electron chi connectivity index (χ0n) is 8.08. The molecule has 0 saturated carbocycles. The van der Waals surface area contributed by atoms with Gasteiger partial charge in [-0.05, 0) is 12.1 Å². The van der Waals surface area contributed by atoms with E-state index in [1.165, 1.54) is 25.3 Å². The third-order valence-corrected chi connectivity index (χ3v) is 1.69. The van der Waals surface area contributed by atoms with Crippen LogP contribution >= 0.6 is 0 Å². The number of amides is 1. The van der Waals surface area contributed by atoms with Gasteiger partial charge in [0.2, 0.25) is 5.91 Å². The van der Waals surface area contributed by atoms with Gasteiger partial charge in [-0.15, -0.1) is 0 Å². The topological polar surface area (TPSA) is 62.1 Å². The molecule has 0 bridgehead atoms. The van der Waals surface area contributed by atoms with Crippen LogP contribution in [0.2, 0.25) is 0 Å². The van der Waals surface area contributed by atoms with Crippen LogP contribution in [-0.2, 0) is 4.79 Å². The van der Waals surface area contributed by atoms with E-state index in [9.17, 15) is 9.18 Å². The second-order valence-electron chi connectivity index (χ2n) is 2.73. The van der Waals surface area contributed by atoms with Gasteiger partial charge in [-0.1, -0.05) is 0 Å². The standard InChI is InChI=1S/C10H9FN2O2/c1-15-7-2-3-8(11)9(6-7)13-10(14)4-5-12/h2-3,6H,4H2,1H3,(H,13,14). The Morgan fingerprint density at radius 2 is 2.40 bits per heavy atom. The van der Waals surface area contributed by atoms with Crippen molar-refractivity contribution in [1.82, 2.24) is 0 Å². The highest BCUT2D eigenvalue weighted by Crippen LogP contribution is 2.20. The number of hydrogen-bond acceptors (Lipinski definition) is 3. The maximum absolute atomic E-state index is 13.2. The van der Waals surface area contributed by atoms with Crippen LogP contribution < -0.4 is 10.1 Å². The van der Waals surface area contributed by atoms with Gasteiger partial charge in [-0.3, -0.25) is 4.79 Å². The summed E-state index contributed by atoms with van der Waals surface area (Å²) in [6.07, 6.45) is -0.309. The van der Waals surface area contributed by atoms with Crippen LogP contribution in [0.4, 0.5) is 10.1 Å². The second kappa shape index (κ2) is 4.96. The zero-order valence-corrected chi connectivity index (χ0v) is 8.08. The summed E-state index contributed by atoms with van der Waals surface area (Å²) in [5, 5.41) is 10.5. The zero-order chi connectivity index (χ0) is 11.3. The van der Waals surface area contributed by atoms with Gasteiger partial charge in [0.1, 0.15) is 18.0 Å². The number of ether oxygens (including phenoxy) is 1. The fourth-order valence-electron chi connectivity index (χ4n) is 0.993. The molecule has 1 amide bonds. The van der Waals surface area contributed by atoms with Gasteiger partial charge in [-0.2, -0.15) is 5.26 Å². The largest absolute Gasteiger partial charge is 0.497 e. The molecule has 0 spiro atoms. The Hall–Kier alpha value is -2.09. The fourth-order valence-corrected chi connectivity index (χ4v) is 0.993. The first-order valence-corrected chi connectivity index (χ1v) is 4.17. The number of carbonyl (C=O) groups excluding carboxylic acids is 1. The number of nitrogens with zero attached hydrogens (tertiary/aromatic N) is 1. The van der Waals surface area contributed by atoms with Crippen LogP contribution in [0.1, 0.15) is 6.42 Å². The molecule has 0 atom stereocenters. The third-order valence-electron chi connectivity index (χ3n) is 1.69. The second-order valence-corrected chi connectivity index (χ2v) is 2.73. The maximum atomic E-state index is 13.2. The maximum Gasteiger partial charge on any atom is 0.238 e. The normalized spacial score (nSPS) is 9.13. The SMILES string of the molecule is COc1ccc(F)c(NC(=O)CC#N)c1. The molecule has 5 heteroatoms. The van der Waals surface area contributed by atoms with Crippen molar-refractivity contribution >= 4 is 11.6 Å². The lowest BCUT2D eigenvalue weighted by Gasteiger charge is -2.06. The van der Waals surface area contributed by atoms with E-state index >= 15 is 0 Å². The predicted octanol–water partition coefficient (Wildman–Crippen LogP) is 1.69. The first kappa shape index (κ1) is 11.0. The highest BCUT2D eigenvalue weighted by molar-refractivity contribution is 5.92. The van der Waals surface area contributed by atoms with Crippen molar-refractivity contribution in [2.75, 3.05) is 12.4 Å². The predicted molar refractivity (Wildman–Crippen MR) is 51.8 cm³/mol. The molecule has 0 heterocycles. The summed E-state index contributed by atoms with van der Waals surface area (Å²) in [6.45, 7) is 0. The summed E-state index contributed by atoms with van der Waals surface area (Å²) in [6, 6.07) is 5.64. The van der Waals surface area contributed by atoms with Crippen molar-refractivity contribution < 1.29 is 13.9 Å². The lowest BCUT2D eigenvalue weighted by atomic mass is 10.2. The summed E-state index contributed by atoms with van der Waals surface area (Å²) in [5.74, 6) is -0.685. The molecule has 0 aliphatic carbocycles. The van der Waals surface area contributed by atoms with Gasteiger partial charge in [0.25, 0.3) is 0 Å². The van der Waals surface area contributed by atoms with Crippen LogP contribution in [0.25, 0.3) is 0 Å². The molecule has 0 radical (unpaired) electrons. The van der Waals surface area contributed by atoms with E-state index in [-0.39, 0.29) is 12.1 Å². The van der Waals surface area contributed by atoms with E-state index in [1.54, 1.807) is 6.07 Å². The number of carbonyl (C=O) groups is 1. The monoisotopic (exact) mass is 208 g/mol. The molecule has 0 saturated heterocycles. The van der Waals surface area contributed by atoms with Gasteiger partial charge in [0, 0.05) is 6.07 Å². The molecule has 1 aromatic rings. The average Bonchev–Trinajstić information content (AvgIpc) is 2.21. The number of rotatable bonds is 3. The van der Waals surface area contributed by atoms with Crippen molar-refractivity contribution in [3.8, 4) is 11.8 Å². The summed E-state index contributed by atoms with van der Waals surface area (Å²) < 4.78 is 18.0. The number of benzene rings is 1. The molecule has 4 nitrogen and oxygen atoms in total. The number of methoxy groups -OCH3 is 1. The Labute approximate surface area is 86.3 Å². The molecule has 15 heavy (non-hydrogen) atoms. The van der Waals surface area contributed by atoms with Gasteiger partial charge >= 0.3 is 0 Å². The van der Waals surface area contributed by atoms with Gasteiger partial charge in [0.05, 0.1) is 18.9 Å². The molecule has 0 aromatic heterocycles. The smallest absolute Gasteiger partial charge is 0.238 e. The summed E-state index contributed by atoms with van der Waals surface area (Å²) >= 11 is 0. The quantitative estimate of drug-likeness (QED) is 0.822. The number of anilines is 1. The van der Waals surface area contributed by atoms with Crippen LogP contribution in [0.15, 0.2) is 18.2 Å². The molecular formula is C10H9FN2O2. The van der Waals surface area contributed by atoms with E-state index in [1.807, 2.05) is 0 Å². The number of hydrogen-bond donors (Lipinski definition) is 1. The fraction of sp³-hybridized carbons (Fsp3) is 0.200. The van der Waals surface area contributed by atoms with Crippen molar-refractivity contribution in [1.29, 1.82) is 5.26 Å². The van der Waals surface area contributed by atoms with Crippen molar-refractivity contribution in [3.63, 3.8) is 0 Å². The molecule has 1 aromatic carbocycles. The molecule has 1 rings (SSSR count). The molecule has 78 valence electrons. The molecule has 0 fully saturated rings. The Morgan fingerprint density at radius 3 is 3.00 bits per heavy atom. The highest BCUT2D eigenvalue weighted by atomic mass is 19.1. The minimum atomic E-state index is -0.568. The first-order chi connectivity index (χ1) is 7.17. The molecule has 1 N–H and O–H groups in total.